The maximum Gasteiger partial charge on any atom is 0.197 e. The molecule has 0 saturated carbocycles. The minimum Gasteiger partial charge on any atom is -0.372 e. The smallest absolute Gasteiger partial charge is 0.197 e. The fraction of sp³-hybridized carbons (Fsp3) is 0.400. The summed E-state index contributed by atoms with van der Waals surface area (Å²) in [7, 11) is 0. The van der Waals surface area contributed by atoms with Crippen molar-refractivity contribution in [1.82, 2.24) is 4.98 Å². The molecule has 106 valence electrons. The molecule has 0 amide bonds. The molecule has 5 heteroatoms. The molecule has 0 aliphatic carbocycles. The average Bonchev–Trinajstić information content (AvgIpc) is 2.89. The predicted octanol–water partition coefficient (Wildman–Crippen LogP) is 3.39. The van der Waals surface area contributed by atoms with E-state index < -0.39 is 0 Å². The number of aromatic nitrogens is 1. The van der Waals surface area contributed by atoms with Gasteiger partial charge in [0.15, 0.2) is 5.13 Å². The van der Waals surface area contributed by atoms with E-state index in [1.165, 1.54) is 48.5 Å². The molecule has 2 aromatic rings. The van der Waals surface area contributed by atoms with E-state index in [1.54, 1.807) is 11.3 Å². The van der Waals surface area contributed by atoms with Gasteiger partial charge in [0.2, 0.25) is 0 Å². The van der Waals surface area contributed by atoms with Gasteiger partial charge in [0, 0.05) is 18.8 Å². The Morgan fingerprint density at radius 3 is 2.45 bits per heavy atom. The molecule has 1 saturated heterocycles. The molecule has 0 radical (unpaired) electrons. The number of benzene rings is 1. The van der Waals surface area contributed by atoms with Crippen LogP contribution in [0.3, 0.4) is 0 Å². The lowest BCUT2D eigenvalue weighted by Gasteiger charge is -2.28. The first-order valence-electron chi connectivity index (χ1n) is 7.07. The van der Waals surface area contributed by atoms with E-state index in [1.807, 2.05) is 6.92 Å². The zero-order valence-electron chi connectivity index (χ0n) is 11.7. The van der Waals surface area contributed by atoms with Crippen LogP contribution in [-0.4, -0.2) is 18.1 Å². The summed E-state index contributed by atoms with van der Waals surface area (Å²) in [6.07, 6.45) is 3.98. The van der Waals surface area contributed by atoms with Gasteiger partial charge in [0.25, 0.3) is 0 Å². The van der Waals surface area contributed by atoms with Gasteiger partial charge >= 0.3 is 0 Å². The average molecular weight is 288 g/mol. The monoisotopic (exact) mass is 288 g/mol. The summed E-state index contributed by atoms with van der Waals surface area (Å²) in [5.41, 5.74) is 6.18. The first kappa shape index (κ1) is 13.4. The quantitative estimate of drug-likeness (QED) is 0.671. The molecule has 1 aromatic heterocycles. The fourth-order valence-corrected chi connectivity index (χ4v) is 3.58. The van der Waals surface area contributed by atoms with E-state index in [9.17, 15) is 0 Å². The van der Waals surface area contributed by atoms with Crippen molar-refractivity contribution in [2.45, 2.75) is 26.2 Å². The van der Waals surface area contributed by atoms with Crippen molar-refractivity contribution < 1.29 is 0 Å². The number of nitrogens with one attached hydrogen (secondary N) is 1. The number of hydrogen-bond acceptors (Lipinski definition) is 5. The molecule has 0 bridgehead atoms. The molecule has 4 nitrogen and oxygen atoms in total. The van der Waals surface area contributed by atoms with Gasteiger partial charge < -0.3 is 4.90 Å². The van der Waals surface area contributed by atoms with Gasteiger partial charge in [-0.05, 0) is 43.9 Å². The number of hydrazine groups is 1. The molecule has 1 fully saturated rings. The molecule has 1 aliphatic heterocycles. The number of anilines is 2. The predicted molar refractivity (Wildman–Crippen MR) is 86.2 cm³/mol. The maximum absolute atomic E-state index is 5.42. The highest BCUT2D eigenvalue weighted by atomic mass is 32.1. The Morgan fingerprint density at radius 2 is 1.85 bits per heavy atom. The largest absolute Gasteiger partial charge is 0.372 e. The summed E-state index contributed by atoms with van der Waals surface area (Å²) >= 11 is 1.59. The van der Waals surface area contributed by atoms with Crippen LogP contribution in [0.1, 0.15) is 25.0 Å². The van der Waals surface area contributed by atoms with Gasteiger partial charge in [-0.15, -0.1) is 0 Å². The van der Waals surface area contributed by atoms with E-state index in [0.29, 0.717) is 0 Å². The Labute approximate surface area is 123 Å². The summed E-state index contributed by atoms with van der Waals surface area (Å²) in [5.74, 6) is 5.42. The Hall–Kier alpha value is -1.59. The first-order chi connectivity index (χ1) is 9.78. The summed E-state index contributed by atoms with van der Waals surface area (Å²) in [6, 6.07) is 8.81. The lowest BCUT2D eigenvalue weighted by molar-refractivity contribution is 0.578. The van der Waals surface area contributed by atoms with Gasteiger partial charge in [0.05, 0.1) is 10.6 Å². The van der Waals surface area contributed by atoms with Crippen LogP contribution in [0.25, 0.3) is 10.4 Å². The number of aryl methyl sites for hydroxylation is 1. The topological polar surface area (TPSA) is 54.2 Å². The molecule has 20 heavy (non-hydrogen) atoms. The van der Waals surface area contributed by atoms with Crippen LogP contribution < -0.4 is 16.2 Å². The van der Waals surface area contributed by atoms with Crippen molar-refractivity contribution in [3.63, 3.8) is 0 Å². The normalized spacial score (nSPS) is 15.4. The number of nitrogens with two attached hydrogens (primary N) is 1. The Bertz CT molecular complexity index is 570. The molecule has 0 unspecified atom stereocenters. The van der Waals surface area contributed by atoms with Gasteiger partial charge in [-0.25, -0.2) is 10.8 Å². The number of nitrogen functional groups attached to an aromatic ring is 1. The highest BCUT2D eigenvalue weighted by Gasteiger charge is 2.12. The van der Waals surface area contributed by atoms with E-state index in [2.05, 4.69) is 39.6 Å². The van der Waals surface area contributed by atoms with Crippen molar-refractivity contribution in [3.8, 4) is 10.4 Å². The highest BCUT2D eigenvalue weighted by Crippen LogP contribution is 2.33. The van der Waals surface area contributed by atoms with Crippen molar-refractivity contribution >= 4 is 22.2 Å². The van der Waals surface area contributed by atoms with Crippen molar-refractivity contribution in [1.29, 1.82) is 0 Å². The van der Waals surface area contributed by atoms with E-state index in [4.69, 9.17) is 5.84 Å². The molecule has 3 rings (SSSR count). The van der Waals surface area contributed by atoms with Crippen molar-refractivity contribution in [3.05, 3.63) is 30.0 Å². The summed E-state index contributed by atoms with van der Waals surface area (Å²) < 4.78 is 0. The van der Waals surface area contributed by atoms with Crippen molar-refractivity contribution in [2.24, 2.45) is 5.84 Å². The molecule has 1 aromatic carbocycles. The first-order valence-corrected chi connectivity index (χ1v) is 7.89. The van der Waals surface area contributed by atoms with Crippen LogP contribution in [0.4, 0.5) is 10.8 Å². The standard InChI is InChI=1S/C15H20N4S/c1-11-14(20-15(17-11)18-16)12-5-7-13(8-6-12)19-9-3-2-4-10-19/h5-8H,2-4,9-10,16H2,1H3,(H,17,18). The van der Waals surface area contributed by atoms with Crippen LogP contribution in [0.15, 0.2) is 24.3 Å². The molecule has 0 atom stereocenters. The zero-order chi connectivity index (χ0) is 13.9. The van der Waals surface area contributed by atoms with Crippen LogP contribution >= 0.6 is 11.3 Å². The Kier molecular flexibility index (Phi) is 3.89. The highest BCUT2D eigenvalue weighted by molar-refractivity contribution is 7.19. The molecule has 0 spiro atoms. The zero-order valence-corrected chi connectivity index (χ0v) is 12.5. The van der Waals surface area contributed by atoms with E-state index in [0.717, 1.165) is 10.8 Å². The number of rotatable bonds is 3. The van der Waals surface area contributed by atoms with Crippen molar-refractivity contribution in [2.75, 3.05) is 23.4 Å². The lowest BCUT2D eigenvalue weighted by atomic mass is 10.1. The second-order valence-corrected chi connectivity index (χ2v) is 6.17. The van der Waals surface area contributed by atoms with Crippen LogP contribution in [0, 0.1) is 6.92 Å². The van der Waals surface area contributed by atoms with Gasteiger partial charge in [-0.3, -0.25) is 5.43 Å². The van der Waals surface area contributed by atoms with Crippen LogP contribution in [0.5, 0.6) is 0 Å². The van der Waals surface area contributed by atoms with Crippen LogP contribution in [0.2, 0.25) is 0 Å². The fourth-order valence-electron chi connectivity index (χ4n) is 2.70. The molecule has 1 aliphatic rings. The molecule has 3 N–H and O–H groups in total. The van der Waals surface area contributed by atoms with Gasteiger partial charge in [-0.2, -0.15) is 0 Å². The molecule has 2 heterocycles. The minimum atomic E-state index is 0.762. The lowest BCUT2D eigenvalue weighted by Crippen LogP contribution is -2.29. The third kappa shape index (κ3) is 2.64. The number of nitrogens with zero attached hydrogens (tertiary/aromatic N) is 2. The third-order valence-electron chi connectivity index (χ3n) is 3.77. The van der Waals surface area contributed by atoms with Gasteiger partial charge in [-0.1, -0.05) is 23.5 Å². The summed E-state index contributed by atoms with van der Waals surface area (Å²) in [6.45, 7) is 4.38. The second-order valence-electron chi connectivity index (χ2n) is 5.17. The molecular weight excluding hydrogens is 268 g/mol. The number of piperidine rings is 1. The van der Waals surface area contributed by atoms with Gasteiger partial charge in [0.1, 0.15) is 0 Å². The number of hydrogen-bond donors (Lipinski definition) is 2. The minimum absolute atomic E-state index is 0.762. The second kappa shape index (κ2) is 5.81. The third-order valence-corrected chi connectivity index (χ3v) is 4.91. The number of thiazole rings is 1. The summed E-state index contributed by atoms with van der Waals surface area (Å²) in [4.78, 5) is 8.05. The van der Waals surface area contributed by atoms with E-state index >= 15 is 0 Å². The SMILES string of the molecule is Cc1nc(NN)sc1-c1ccc(N2CCCCC2)cc1. The molecular formula is C15H20N4S. The Morgan fingerprint density at radius 1 is 1.15 bits per heavy atom. The maximum atomic E-state index is 5.42. The Balaban J connectivity index is 1.83. The summed E-state index contributed by atoms with van der Waals surface area (Å²) in [5, 5.41) is 0.762. The van der Waals surface area contributed by atoms with Crippen LogP contribution in [-0.2, 0) is 0 Å². The van der Waals surface area contributed by atoms with E-state index in [-0.39, 0.29) is 0 Å².